The maximum atomic E-state index is 12.0. The van der Waals surface area contributed by atoms with Crippen molar-refractivity contribution in [1.29, 1.82) is 5.26 Å². The number of hydrogen-bond donors (Lipinski definition) is 3. The summed E-state index contributed by atoms with van der Waals surface area (Å²) in [5.41, 5.74) is 1.21. The number of nitriles is 1. The van der Waals surface area contributed by atoms with E-state index >= 15 is 0 Å². The van der Waals surface area contributed by atoms with Crippen LogP contribution < -0.4 is 10.6 Å². The average molecular weight is 287 g/mol. The van der Waals surface area contributed by atoms with Crippen molar-refractivity contribution in [2.24, 2.45) is 5.92 Å². The molecule has 1 aromatic carbocycles. The number of aliphatic hydroxyl groups is 1. The molecule has 1 fully saturated rings. The molecule has 5 heteroatoms. The van der Waals surface area contributed by atoms with Crippen molar-refractivity contribution in [3.63, 3.8) is 0 Å². The van der Waals surface area contributed by atoms with E-state index in [9.17, 15) is 9.90 Å². The zero-order chi connectivity index (χ0) is 15.1. The highest BCUT2D eigenvalue weighted by molar-refractivity contribution is 5.89. The number of amides is 2. The van der Waals surface area contributed by atoms with E-state index in [1.165, 1.54) is 0 Å². The van der Waals surface area contributed by atoms with Gasteiger partial charge >= 0.3 is 6.03 Å². The normalized spacial score (nSPS) is 21.9. The van der Waals surface area contributed by atoms with E-state index in [1.54, 1.807) is 24.3 Å². The molecule has 3 N–H and O–H groups in total. The Kier molecular flexibility index (Phi) is 5.59. The second kappa shape index (κ2) is 7.65. The summed E-state index contributed by atoms with van der Waals surface area (Å²) in [6, 6.07) is 8.54. The van der Waals surface area contributed by atoms with Crippen molar-refractivity contribution in [2.75, 3.05) is 11.9 Å². The van der Waals surface area contributed by atoms with Gasteiger partial charge in [-0.2, -0.15) is 5.26 Å². The van der Waals surface area contributed by atoms with Gasteiger partial charge in [0.25, 0.3) is 0 Å². The topological polar surface area (TPSA) is 85.2 Å². The fraction of sp³-hybridized carbons (Fsp3) is 0.500. The van der Waals surface area contributed by atoms with Crippen molar-refractivity contribution in [1.82, 2.24) is 5.32 Å². The number of nitrogens with one attached hydrogen (secondary N) is 2. The van der Waals surface area contributed by atoms with Gasteiger partial charge in [0, 0.05) is 24.3 Å². The van der Waals surface area contributed by atoms with E-state index in [0.717, 1.165) is 32.1 Å². The van der Waals surface area contributed by atoms with Crippen molar-refractivity contribution < 1.29 is 9.90 Å². The van der Waals surface area contributed by atoms with Crippen LogP contribution in [0.5, 0.6) is 0 Å². The number of carbonyl (C=O) groups excluding carboxylic acids is 1. The van der Waals surface area contributed by atoms with E-state index in [-0.39, 0.29) is 24.6 Å². The molecule has 0 aliphatic heterocycles. The Morgan fingerprint density at radius 3 is 2.62 bits per heavy atom. The number of nitrogens with zero attached hydrogens (tertiary/aromatic N) is 1. The van der Waals surface area contributed by atoms with Gasteiger partial charge in [-0.05, 0) is 37.1 Å². The summed E-state index contributed by atoms with van der Waals surface area (Å²) < 4.78 is 0. The molecule has 0 radical (unpaired) electrons. The van der Waals surface area contributed by atoms with Gasteiger partial charge in [0.2, 0.25) is 0 Å². The summed E-state index contributed by atoms with van der Waals surface area (Å²) in [5, 5.41) is 23.9. The first-order valence-electron chi connectivity index (χ1n) is 7.41. The first-order chi connectivity index (χ1) is 10.2. The number of urea groups is 1. The van der Waals surface area contributed by atoms with Crippen molar-refractivity contribution >= 4 is 11.7 Å². The van der Waals surface area contributed by atoms with Crippen molar-refractivity contribution in [3.05, 3.63) is 29.8 Å². The number of benzene rings is 1. The van der Waals surface area contributed by atoms with Crippen LogP contribution in [0.15, 0.2) is 24.3 Å². The number of carbonyl (C=O) groups is 1. The molecule has 1 aromatic rings. The molecule has 2 amide bonds. The van der Waals surface area contributed by atoms with E-state index in [4.69, 9.17) is 5.26 Å². The van der Waals surface area contributed by atoms with Crippen LogP contribution in [0.2, 0.25) is 0 Å². The zero-order valence-corrected chi connectivity index (χ0v) is 12.0. The first kappa shape index (κ1) is 15.3. The molecule has 1 saturated carbocycles. The number of aliphatic hydroxyl groups excluding tert-OH is 1. The van der Waals surface area contributed by atoms with Crippen molar-refractivity contribution in [2.45, 2.75) is 38.1 Å². The lowest BCUT2D eigenvalue weighted by molar-refractivity contribution is 0.182. The molecule has 1 aliphatic carbocycles. The van der Waals surface area contributed by atoms with Crippen LogP contribution >= 0.6 is 0 Å². The molecule has 0 aromatic heterocycles. The quantitative estimate of drug-likeness (QED) is 0.747. The molecule has 1 aliphatic rings. The highest BCUT2D eigenvalue weighted by atomic mass is 16.3. The van der Waals surface area contributed by atoms with Gasteiger partial charge in [-0.3, -0.25) is 0 Å². The number of hydrogen-bond acceptors (Lipinski definition) is 3. The Bertz CT molecular complexity index is 507. The smallest absolute Gasteiger partial charge is 0.319 e. The fourth-order valence-electron chi connectivity index (χ4n) is 2.76. The monoisotopic (exact) mass is 287 g/mol. The van der Waals surface area contributed by atoms with Gasteiger partial charge in [-0.25, -0.2) is 4.79 Å². The summed E-state index contributed by atoms with van der Waals surface area (Å²) in [7, 11) is 0. The maximum Gasteiger partial charge on any atom is 0.319 e. The number of rotatable bonds is 3. The van der Waals surface area contributed by atoms with Gasteiger partial charge in [0.1, 0.15) is 0 Å². The lowest BCUT2D eigenvalue weighted by Crippen LogP contribution is -2.43. The highest BCUT2D eigenvalue weighted by Crippen LogP contribution is 2.23. The van der Waals surface area contributed by atoms with Crippen LogP contribution in [0.4, 0.5) is 10.5 Å². The first-order valence-corrected chi connectivity index (χ1v) is 7.41. The van der Waals surface area contributed by atoms with Crippen LogP contribution in [0, 0.1) is 17.2 Å². The van der Waals surface area contributed by atoms with E-state index in [2.05, 4.69) is 10.6 Å². The zero-order valence-electron chi connectivity index (χ0n) is 12.0. The van der Waals surface area contributed by atoms with Gasteiger partial charge in [0.15, 0.2) is 0 Å². The predicted molar refractivity (Wildman–Crippen MR) is 80.8 cm³/mol. The third-order valence-corrected chi connectivity index (χ3v) is 3.98. The average Bonchev–Trinajstić information content (AvgIpc) is 2.73. The molecule has 0 spiro atoms. The van der Waals surface area contributed by atoms with Gasteiger partial charge in [-0.15, -0.1) is 0 Å². The minimum Gasteiger partial charge on any atom is -0.396 e. The van der Waals surface area contributed by atoms with E-state index < -0.39 is 0 Å². The molecule has 21 heavy (non-hydrogen) atoms. The van der Waals surface area contributed by atoms with E-state index in [0.29, 0.717) is 11.3 Å². The largest absolute Gasteiger partial charge is 0.396 e. The minimum atomic E-state index is -0.259. The van der Waals surface area contributed by atoms with Crippen LogP contribution in [-0.4, -0.2) is 23.8 Å². The van der Waals surface area contributed by atoms with Crippen LogP contribution in [-0.2, 0) is 0 Å². The molecular formula is C16H21N3O2. The van der Waals surface area contributed by atoms with Gasteiger partial charge < -0.3 is 15.7 Å². The summed E-state index contributed by atoms with van der Waals surface area (Å²) >= 11 is 0. The molecule has 0 saturated heterocycles. The van der Waals surface area contributed by atoms with Gasteiger partial charge in [0.05, 0.1) is 11.6 Å². The lowest BCUT2D eigenvalue weighted by atomic mass is 9.96. The molecule has 2 unspecified atom stereocenters. The molecular weight excluding hydrogens is 266 g/mol. The molecule has 0 bridgehead atoms. The Morgan fingerprint density at radius 2 is 1.95 bits per heavy atom. The summed E-state index contributed by atoms with van der Waals surface area (Å²) in [6.07, 6.45) is 5.22. The molecule has 2 atom stereocenters. The van der Waals surface area contributed by atoms with Crippen LogP contribution in [0.1, 0.15) is 37.7 Å². The van der Waals surface area contributed by atoms with Gasteiger partial charge in [-0.1, -0.05) is 19.3 Å². The Labute approximate surface area is 125 Å². The van der Waals surface area contributed by atoms with Crippen molar-refractivity contribution in [3.8, 4) is 6.07 Å². The number of anilines is 1. The fourth-order valence-corrected chi connectivity index (χ4v) is 2.76. The Balaban J connectivity index is 1.91. The Hall–Kier alpha value is -2.06. The summed E-state index contributed by atoms with van der Waals surface area (Å²) in [5.74, 6) is 0.138. The Morgan fingerprint density at radius 1 is 1.24 bits per heavy atom. The maximum absolute atomic E-state index is 12.0. The highest BCUT2D eigenvalue weighted by Gasteiger charge is 2.24. The van der Waals surface area contributed by atoms with E-state index in [1.807, 2.05) is 6.07 Å². The second-order valence-electron chi connectivity index (χ2n) is 5.47. The molecule has 2 rings (SSSR count). The lowest BCUT2D eigenvalue weighted by Gasteiger charge is -2.24. The third-order valence-electron chi connectivity index (χ3n) is 3.98. The minimum absolute atomic E-state index is 0.0240. The van der Waals surface area contributed by atoms with Crippen LogP contribution in [0.3, 0.4) is 0 Å². The standard InChI is InChI=1S/C16H21N3O2/c17-10-12-6-8-14(9-7-12)18-16(21)19-15-5-3-1-2-4-13(15)11-20/h6-9,13,15,20H,1-5,11H2,(H2,18,19,21). The molecule has 5 nitrogen and oxygen atoms in total. The third kappa shape index (κ3) is 4.47. The second-order valence-corrected chi connectivity index (χ2v) is 5.47. The van der Waals surface area contributed by atoms with Crippen LogP contribution in [0.25, 0.3) is 0 Å². The molecule has 112 valence electrons. The summed E-state index contributed by atoms with van der Waals surface area (Å²) in [6.45, 7) is 0.113. The summed E-state index contributed by atoms with van der Waals surface area (Å²) in [4.78, 5) is 12.0. The predicted octanol–water partition coefficient (Wildman–Crippen LogP) is 2.62. The molecule has 0 heterocycles. The SMILES string of the molecule is N#Cc1ccc(NC(=O)NC2CCCCCC2CO)cc1.